The number of aryl methyl sites for hydroxylation is 2. The van der Waals surface area contributed by atoms with Crippen LogP contribution in [0.15, 0.2) is 29.6 Å². The summed E-state index contributed by atoms with van der Waals surface area (Å²) in [5.41, 5.74) is 4.48. The van der Waals surface area contributed by atoms with Crippen LogP contribution in [0.4, 0.5) is 5.69 Å². The smallest absolute Gasteiger partial charge is 0.266 e. The molecule has 0 spiro atoms. The summed E-state index contributed by atoms with van der Waals surface area (Å²) in [6.07, 6.45) is 0.887. The van der Waals surface area contributed by atoms with Gasteiger partial charge < -0.3 is 5.32 Å². The Kier molecular flexibility index (Phi) is 5.98. The van der Waals surface area contributed by atoms with E-state index in [1.165, 1.54) is 41.5 Å². The standard InChI is InChI=1S/C19H24N2OS2/c1-3-16-6-9-24-18(16)19(22)20-17-5-4-15(12-14(17)2)13-21-7-10-23-11-8-21/h4-6,9,12H,3,7-8,10-11,13H2,1-2H3,(H,20,22). The van der Waals surface area contributed by atoms with Gasteiger partial charge in [-0.15, -0.1) is 11.3 Å². The van der Waals surface area contributed by atoms with Crippen molar-refractivity contribution in [2.75, 3.05) is 29.9 Å². The van der Waals surface area contributed by atoms with E-state index < -0.39 is 0 Å². The van der Waals surface area contributed by atoms with Gasteiger partial charge in [0.25, 0.3) is 5.91 Å². The van der Waals surface area contributed by atoms with Crippen LogP contribution in [0.3, 0.4) is 0 Å². The first-order valence-corrected chi connectivity index (χ1v) is 10.5. The van der Waals surface area contributed by atoms with Crippen LogP contribution in [0.25, 0.3) is 0 Å². The molecule has 0 saturated carbocycles. The highest BCUT2D eigenvalue weighted by Crippen LogP contribution is 2.23. The molecule has 3 nitrogen and oxygen atoms in total. The van der Waals surface area contributed by atoms with Crippen LogP contribution in [0.5, 0.6) is 0 Å². The summed E-state index contributed by atoms with van der Waals surface area (Å²) in [5, 5.41) is 5.06. The maximum atomic E-state index is 12.5. The average molecular weight is 361 g/mol. The summed E-state index contributed by atoms with van der Waals surface area (Å²) in [6, 6.07) is 8.42. The molecule has 5 heteroatoms. The van der Waals surface area contributed by atoms with Crippen LogP contribution in [-0.4, -0.2) is 35.4 Å². The highest BCUT2D eigenvalue weighted by molar-refractivity contribution is 7.99. The van der Waals surface area contributed by atoms with Gasteiger partial charge in [-0.1, -0.05) is 19.1 Å². The fourth-order valence-electron chi connectivity index (χ4n) is 2.97. The predicted octanol–water partition coefficient (Wildman–Crippen LogP) is 4.42. The summed E-state index contributed by atoms with van der Waals surface area (Å²) in [4.78, 5) is 15.8. The van der Waals surface area contributed by atoms with Gasteiger partial charge in [-0.05, 0) is 47.5 Å². The first-order valence-electron chi connectivity index (χ1n) is 8.44. The fraction of sp³-hybridized carbons (Fsp3) is 0.421. The van der Waals surface area contributed by atoms with E-state index in [-0.39, 0.29) is 5.91 Å². The Labute approximate surface area is 152 Å². The number of hydrogen-bond acceptors (Lipinski definition) is 4. The summed E-state index contributed by atoms with van der Waals surface area (Å²) >= 11 is 3.55. The van der Waals surface area contributed by atoms with E-state index in [0.717, 1.165) is 34.7 Å². The van der Waals surface area contributed by atoms with Gasteiger partial charge in [0.05, 0.1) is 4.88 Å². The van der Waals surface area contributed by atoms with Gasteiger partial charge in [-0.2, -0.15) is 11.8 Å². The zero-order valence-corrected chi connectivity index (χ0v) is 15.9. The Morgan fingerprint density at radius 2 is 2.04 bits per heavy atom. The van der Waals surface area contributed by atoms with Crippen molar-refractivity contribution in [1.82, 2.24) is 4.90 Å². The molecule has 24 heavy (non-hydrogen) atoms. The molecule has 1 amide bonds. The molecule has 2 heterocycles. The third-order valence-corrected chi connectivity index (χ3v) is 6.28. The molecular formula is C19H24N2OS2. The Hall–Kier alpha value is -1.30. The highest BCUT2D eigenvalue weighted by Gasteiger charge is 2.14. The van der Waals surface area contributed by atoms with Crippen LogP contribution >= 0.6 is 23.1 Å². The first-order chi connectivity index (χ1) is 11.7. The lowest BCUT2D eigenvalue weighted by Crippen LogP contribution is -2.31. The third kappa shape index (κ3) is 4.21. The van der Waals surface area contributed by atoms with Crippen molar-refractivity contribution >= 4 is 34.7 Å². The molecule has 2 aromatic rings. The molecule has 0 radical (unpaired) electrons. The van der Waals surface area contributed by atoms with Crippen LogP contribution in [0.1, 0.15) is 33.3 Å². The predicted molar refractivity (Wildman–Crippen MR) is 105 cm³/mol. The van der Waals surface area contributed by atoms with Crippen molar-refractivity contribution in [1.29, 1.82) is 0 Å². The van der Waals surface area contributed by atoms with Gasteiger partial charge in [-0.3, -0.25) is 9.69 Å². The van der Waals surface area contributed by atoms with E-state index in [0.29, 0.717) is 0 Å². The molecule has 0 bridgehead atoms. The summed E-state index contributed by atoms with van der Waals surface area (Å²) in [6.45, 7) is 7.49. The second-order valence-electron chi connectivity index (χ2n) is 6.12. The van der Waals surface area contributed by atoms with E-state index >= 15 is 0 Å². The molecule has 1 aliphatic rings. The van der Waals surface area contributed by atoms with Crippen LogP contribution in [0, 0.1) is 6.92 Å². The Balaban J connectivity index is 1.67. The molecule has 1 N–H and O–H groups in total. The maximum absolute atomic E-state index is 12.5. The number of hydrogen-bond donors (Lipinski definition) is 1. The number of benzene rings is 1. The molecule has 1 aromatic heterocycles. The minimum Gasteiger partial charge on any atom is -0.321 e. The summed E-state index contributed by atoms with van der Waals surface area (Å²) in [7, 11) is 0. The van der Waals surface area contributed by atoms with E-state index in [1.54, 1.807) is 0 Å². The third-order valence-electron chi connectivity index (χ3n) is 4.38. The van der Waals surface area contributed by atoms with Gasteiger partial charge in [0.2, 0.25) is 0 Å². The molecule has 3 rings (SSSR count). The molecule has 128 valence electrons. The second kappa shape index (κ2) is 8.19. The first kappa shape index (κ1) is 17.5. The zero-order valence-electron chi connectivity index (χ0n) is 14.3. The number of carbonyl (C=O) groups excluding carboxylic acids is 1. The average Bonchev–Trinajstić information content (AvgIpc) is 3.07. The van der Waals surface area contributed by atoms with Crippen molar-refractivity contribution in [3.63, 3.8) is 0 Å². The number of nitrogens with one attached hydrogen (secondary N) is 1. The van der Waals surface area contributed by atoms with E-state index in [4.69, 9.17) is 0 Å². The number of thioether (sulfide) groups is 1. The number of carbonyl (C=O) groups is 1. The van der Waals surface area contributed by atoms with Crippen molar-refractivity contribution in [3.8, 4) is 0 Å². The Bertz CT molecular complexity index is 705. The largest absolute Gasteiger partial charge is 0.321 e. The zero-order chi connectivity index (χ0) is 16.9. The fourth-order valence-corrected chi connectivity index (χ4v) is 4.84. The molecule has 1 saturated heterocycles. The van der Waals surface area contributed by atoms with Crippen molar-refractivity contribution in [3.05, 3.63) is 51.2 Å². The molecule has 0 aliphatic carbocycles. The van der Waals surface area contributed by atoms with Gasteiger partial charge in [0.15, 0.2) is 0 Å². The molecule has 0 atom stereocenters. The lowest BCUT2D eigenvalue weighted by Gasteiger charge is -2.26. The quantitative estimate of drug-likeness (QED) is 0.857. The number of amides is 1. The lowest BCUT2D eigenvalue weighted by atomic mass is 10.1. The monoisotopic (exact) mass is 360 g/mol. The Morgan fingerprint density at radius 1 is 1.25 bits per heavy atom. The number of thiophene rings is 1. The van der Waals surface area contributed by atoms with Gasteiger partial charge in [-0.25, -0.2) is 0 Å². The molecule has 0 unspecified atom stereocenters. The maximum Gasteiger partial charge on any atom is 0.266 e. The van der Waals surface area contributed by atoms with Crippen LogP contribution < -0.4 is 5.32 Å². The molecule has 1 aromatic carbocycles. The minimum atomic E-state index is 0.00533. The second-order valence-corrected chi connectivity index (χ2v) is 8.26. The summed E-state index contributed by atoms with van der Waals surface area (Å²) in [5.74, 6) is 2.47. The van der Waals surface area contributed by atoms with Gasteiger partial charge >= 0.3 is 0 Å². The van der Waals surface area contributed by atoms with Crippen molar-refractivity contribution in [2.45, 2.75) is 26.8 Å². The van der Waals surface area contributed by atoms with Gasteiger partial charge in [0.1, 0.15) is 0 Å². The molecular weight excluding hydrogens is 336 g/mol. The highest BCUT2D eigenvalue weighted by atomic mass is 32.2. The molecule has 1 fully saturated rings. The summed E-state index contributed by atoms with van der Waals surface area (Å²) < 4.78 is 0. The van der Waals surface area contributed by atoms with Gasteiger partial charge in [0, 0.05) is 36.8 Å². The number of nitrogens with zero attached hydrogens (tertiary/aromatic N) is 1. The van der Waals surface area contributed by atoms with E-state index in [1.807, 2.05) is 29.3 Å². The lowest BCUT2D eigenvalue weighted by molar-refractivity contribution is 0.102. The van der Waals surface area contributed by atoms with Crippen LogP contribution in [-0.2, 0) is 13.0 Å². The number of anilines is 1. The Morgan fingerprint density at radius 3 is 2.75 bits per heavy atom. The minimum absolute atomic E-state index is 0.00533. The van der Waals surface area contributed by atoms with E-state index in [9.17, 15) is 4.79 Å². The van der Waals surface area contributed by atoms with Crippen molar-refractivity contribution in [2.24, 2.45) is 0 Å². The van der Waals surface area contributed by atoms with E-state index in [2.05, 4.69) is 36.2 Å². The van der Waals surface area contributed by atoms with Crippen molar-refractivity contribution < 1.29 is 4.79 Å². The van der Waals surface area contributed by atoms with Crippen LogP contribution in [0.2, 0.25) is 0 Å². The SMILES string of the molecule is CCc1ccsc1C(=O)Nc1ccc(CN2CCSCC2)cc1C. The number of rotatable bonds is 5. The normalized spacial score (nSPS) is 15.4. The topological polar surface area (TPSA) is 32.3 Å². The molecule has 1 aliphatic heterocycles.